The van der Waals surface area contributed by atoms with E-state index in [1.807, 2.05) is 0 Å². The van der Waals surface area contributed by atoms with Crippen LogP contribution in [-0.4, -0.2) is 42.4 Å². The molecule has 2 rings (SSSR count). The van der Waals surface area contributed by atoms with Gasteiger partial charge in [0.05, 0.1) is 5.02 Å². The molecule has 0 aliphatic carbocycles. The number of nitrogens with zero attached hydrogens (tertiary/aromatic N) is 1. The van der Waals surface area contributed by atoms with Crippen LogP contribution in [0.25, 0.3) is 0 Å². The molecule has 1 aromatic rings. The molecule has 1 atom stereocenters. The number of amides is 2. The number of benzene rings is 1. The number of anilines is 1. The molecule has 0 spiro atoms. The Balaban J connectivity index is 1.84. The van der Waals surface area contributed by atoms with Gasteiger partial charge in [-0.05, 0) is 44.1 Å². The van der Waals surface area contributed by atoms with Crippen LogP contribution in [0.2, 0.25) is 5.02 Å². The van der Waals surface area contributed by atoms with E-state index in [4.69, 9.17) is 11.6 Å². The summed E-state index contributed by atoms with van der Waals surface area (Å²) in [5, 5.41) is 4.93. The number of likely N-dealkylation sites (N-methyl/N-ethyl adjacent to an activating group) is 1. The van der Waals surface area contributed by atoms with Crippen molar-refractivity contribution in [1.82, 2.24) is 10.2 Å². The lowest BCUT2D eigenvalue weighted by Crippen LogP contribution is -2.43. The predicted molar refractivity (Wildman–Crippen MR) is 83.3 cm³/mol. The third-order valence-corrected chi connectivity index (χ3v) is 4.09. The van der Waals surface area contributed by atoms with Gasteiger partial charge in [-0.25, -0.2) is 4.39 Å². The first-order chi connectivity index (χ1) is 10.5. The normalized spacial score (nSPS) is 18.2. The van der Waals surface area contributed by atoms with Gasteiger partial charge in [0.1, 0.15) is 5.82 Å². The van der Waals surface area contributed by atoms with Crippen LogP contribution in [0.5, 0.6) is 0 Å². The third kappa shape index (κ3) is 4.18. The second-order valence-corrected chi connectivity index (χ2v) is 5.62. The van der Waals surface area contributed by atoms with E-state index in [9.17, 15) is 14.0 Å². The third-order valence-electron chi connectivity index (χ3n) is 3.79. The lowest BCUT2D eigenvalue weighted by Gasteiger charge is -2.22. The number of hydrogen-bond acceptors (Lipinski definition) is 3. The average molecular weight is 328 g/mol. The molecule has 1 aliphatic heterocycles. The van der Waals surface area contributed by atoms with Crippen molar-refractivity contribution in [1.29, 1.82) is 0 Å². The largest absolute Gasteiger partial charge is 0.346 e. The van der Waals surface area contributed by atoms with E-state index in [0.717, 1.165) is 32.0 Å². The van der Waals surface area contributed by atoms with Gasteiger partial charge in [-0.1, -0.05) is 18.5 Å². The number of nitrogens with one attached hydrogen (secondary N) is 2. The summed E-state index contributed by atoms with van der Waals surface area (Å²) in [7, 11) is 0. The van der Waals surface area contributed by atoms with Gasteiger partial charge in [0.15, 0.2) is 0 Å². The fourth-order valence-electron chi connectivity index (χ4n) is 2.60. The summed E-state index contributed by atoms with van der Waals surface area (Å²) in [4.78, 5) is 25.8. The maximum absolute atomic E-state index is 13.3. The molecule has 2 amide bonds. The summed E-state index contributed by atoms with van der Waals surface area (Å²) in [6, 6.07) is 4.10. The Morgan fingerprint density at radius 2 is 2.18 bits per heavy atom. The molecule has 0 bridgehead atoms. The Bertz CT molecular complexity index is 568. The number of halogens is 2. The van der Waals surface area contributed by atoms with E-state index in [2.05, 4.69) is 22.5 Å². The van der Waals surface area contributed by atoms with Crippen molar-refractivity contribution in [2.75, 3.05) is 25.0 Å². The van der Waals surface area contributed by atoms with E-state index in [-0.39, 0.29) is 16.8 Å². The number of likely N-dealkylation sites (tertiary alicyclic amines) is 1. The van der Waals surface area contributed by atoms with Crippen LogP contribution in [0.3, 0.4) is 0 Å². The molecular formula is C15H19ClFN3O2. The fraction of sp³-hybridized carbons (Fsp3) is 0.467. The van der Waals surface area contributed by atoms with E-state index >= 15 is 0 Å². The van der Waals surface area contributed by atoms with Gasteiger partial charge in [0.2, 0.25) is 0 Å². The summed E-state index contributed by atoms with van der Waals surface area (Å²) in [5.74, 6) is -2.19. The Morgan fingerprint density at radius 3 is 2.86 bits per heavy atom. The molecule has 120 valence electrons. The molecule has 1 aromatic carbocycles. The highest BCUT2D eigenvalue weighted by Gasteiger charge is 2.24. The Morgan fingerprint density at radius 1 is 1.41 bits per heavy atom. The highest BCUT2D eigenvalue weighted by Crippen LogP contribution is 2.18. The maximum atomic E-state index is 13.3. The molecule has 1 heterocycles. The van der Waals surface area contributed by atoms with Gasteiger partial charge >= 0.3 is 11.8 Å². The molecule has 0 saturated carbocycles. The summed E-state index contributed by atoms with van der Waals surface area (Å²) >= 11 is 5.56. The highest BCUT2D eigenvalue weighted by atomic mass is 35.5. The smallest absolute Gasteiger partial charge is 0.313 e. The maximum Gasteiger partial charge on any atom is 0.313 e. The SMILES string of the molecule is CCN1CCCC1CNC(=O)C(=O)Nc1ccc(Cl)c(F)c1. The highest BCUT2D eigenvalue weighted by molar-refractivity contribution is 6.39. The van der Waals surface area contributed by atoms with E-state index in [1.165, 1.54) is 12.1 Å². The van der Waals surface area contributed by atoms with Crippen LogP contribution < -0.4 is 10.6 Å². The predicted octanol–water partition coefficient (Wildman–Crippen LogP) is 2.02. The van der Waals surface area contributed by atoms with Crippen molar-refractivity contribution in [2.45, 2.75) is 25.8 Å². The summed E-state index contributed by atoms with van der Waals surface area (Å²) in [6.07, 6.45) is 2.11. The molecule has 2 N–H and O–H groups in total. The monoisotopic (exact) mass is 327 g/mol. The second kappa shape index (κ2) is 7.56. The Labute approximate surface area is 133 Å². The number of carbonyl (C=O) groups excluding carboxylic acids is 2. The van der Waals surface area contributed by atoms with Gasteiger partial charge in [0.25, 0.3) is 0 Å². The van der Waals surface area contributed by atoms with E-state index in [1.54, 1.807) is 0 Å². The van der Waals surface area contributed by atoms with Crippen LogP contribution in [0.15, 0.2) is 18.2 Å². The van der Waals surface area contributed by atoms with Gasteiger partial charge in [-0.15, -0.1) is 0 Å². The molecule has 7 heteroatoms. The molecule has 5 nitrogen and oxygen atoms in total. The van der Waals surface area contributed by atoms with Gasteiger partial charge in [-0.2, -0.15) is 0 Å². The summed E-state index contributed by atoms with van der Waals surface area (Å²) in [6.45, 7) is 4.46. The summed E-state index contributed by atoms with van der Waals surface area (Å²) < 4.78 is 13.3. The van der Waals surface area contributed by atoms with Crippen molar-refractivity contribution < 1.29 is 14.0 Å². The zero-order valence-corrected chi connectivity index (χ0v) is 13.1. The molecule has 22 heavy (non-hydrogen) atoms. The molecule has 0 radical (unpaired) electrons. The van der Waals surface area contributed by atoms with E-state index < -0.39 is 17.6 Å². The fourth-order valence-corrected chi connectivity index (χ4v) is 2.71. The standard InChI is InChI=1S/C15H19ClFN3O2/c1-2-20-7-3-4-11(20)9-18-14(21)15(22)19-10-5-6-12(16)13(17)8-10/h5-6,8,11H,2-4,7,9H2,1H3,(H,18,21)(H,19,22). The first kappa shape index (κ1) is 16.7. The average Bonchev–Trinajstić information content (AvgIpc) is 2.96. The zero-order valence-electron chi connectivity index (χ0n) is 12.4. The van der Waals surface area contributed by atoms with Crippen molar-refractivity contribution >= 4 is 29.1 Å². The minimum atomic E-state index is -0.817. The first-order valence-electron chi connectivity index (χ1n) is 7.29. The minimum absolute atomic E-state index is 0.0386. The van der Waals surface area contributed by atoms with Crippen LogP contribution in [0.4, 0.5) is 10.1 Å². The number of hydrogen-bond donors (Lipinski definition) is 2. The lowest BCUT2D eigenvalue weighted by atomic mass is 10.2. The molecule has 1 saturated heterocycles. The Kier molecular flexibility index (Phi) is 5.74. The van der Waals surface area contributed by atoms with Crippen molar-refractivity contribution in [2.24, 2.45) is 0 Å². The number of carbonyl (C=O) groups is 2. The molecule has 0 aromatic heterocycles. The van der Waals surface area contributed by atoms with Crippen molar-refractivity contribution in [3.8, 4) is 0 Å². The summed E-state index contributed by atoms with van der Waals surface area (Å²) in [5.41, 5.74) is 0.193. The lowest BCUT2D eigenvalue weighted by molar-refractivity contribution is -0.136. The second-order valence-electron chi connectivity index (χ2n) is 5.22. The van der Waals surface area contributed by atoms with Crippen LogP contribution in [0, 0.1) is 5.82 Å². The van der Waals surface area contributed by atoms with Gasteiger partial charge < -0.3 is 10.6 Å². The van der Waals surface area contributed by atoms with Gasteiger partial charge in [0, 0.05) is 18.3 Å². The van der Waals surface area contributed by atoms with Crippen molar-refractivity contribution in [3.63, 3.8) is 0 Å². The molecule has 1 unspecified atom stereocenters. The first-order valence-corrected chi connectivity index (χ1v) is 7.67. The molecular weight excluding hydrogens is 309 g/mol. The van der Waals surface area contributed by atoms with Crippen LogP contribution >= 0.6 is 11.6 Å². The Hall–Kier alpha value is -1.66. The van der Waals surface area contributed by atoms with Crippen molar-refractivity contribution in [3.05, 3.63) is 29.0 Å². The van der Waals surface area contributed by atoms with Crippen LogP contribution in [-0.2, 0) is 9.59 Å². The molecule has 1 fully saturated rings. The van der Waals surface area contributed by atoms with Gasteiger partial charge in [-0.3, -0.25) is 14.5 Å². The molecule has 1 aliphatic rings. The van der Waals surface area contributed by atoms with E-state index in [0.29, 0.717) is 6.54 Å². The zero-order chi connectivity index (χ0) is 16.1. The van der Waals surface area contributed by atoms with Crippen LogP contribution in [0.1, 0.15) is 19.8 Å². The number of rotatable bonds is 4. The topological polar surface area (TPSA) is 61.4 Å². The quantitative estimate of drug-likeness (QED) is 0.832. The minimum Gasteiger partial charge on any atom is -0.346 e.